The van der Waals surface area contributed by atoms with Crippen LogP contribution in [0.1, 0.15) is 23.8 Å². The molecule has 6 heteroatoms. The summed E-state index contributed by atoms with van der Waals surface area (Å²) in [4.78, 5) is 16.5. The summed E-state index contributed by atoms with van der Waals surface area (Å²) in [5, 5.41) is 10.8. The lowest BCUT2D eigenvalue weighted by Gasteiger charge is -2.34. The molecule has 1 fully saturated rings. The van der Waals surface area contributed by atoms with Crippen molar-refractivity contribution in [3.63, 3.8) is 0 Å². The number of aromatic nitrogens is 2. The Bertz CT molecular complexity index is 412. The van der Waals surface area contributed by atoms with Crippen LogP contribution in [0.5, 0.6) is 0 Å². The molecule has 1 aromatic rings. The van der Waals surface area contributed by atoms with Crippen molar-refractivity contribution in [1.29, 1.82) is 0 Å². The second kappa shape index (κ2) is 6.47. The first-order chi connectivity index (χ1) is 9.24. The van der Waals surface area contributed by atoms with Crippen molar-refractivity contribution in [3.8, 4) is 0 Å². The number of anilines is 1. The highest BCUT2D eigenvalue weighted by atomic mass is 16.2. The number of rotatable bonds is 4. The Morgan fingerprint density at radius 2 is 2.00 bits per heavy atom. The maximum absolute atomic E-state index is 12.2. The number of piperazine rings is 1. The molecule has 104 valence electrons. The van der Waals surface area contributed by atoms with Gasteiger partial charge in [0.1, 0.15) is 5.82 Å². The van der Waals surface area contributed by atoms with Gasteiger partial charge in [0.05, 0.1) is 0 Å². The van der Waals surface area contributed by atoms with Crippen molar-refractivity contribution in [2.24, 2.45) is 0 Å². The third-order valence-corrected chi connectivity index (χ3v) is 3.34. The quantitative estimate of drug-likeness (QED) is 0.866. The Hall–Kier alpha value is -1.69. The van der Waals surface area contributed by atoms with Crippen LogP contribution >= 0.6 is 0 Å². The number of hydrogen-bond acceptors (Lipinski definition) is 5. The highest BCUT2D eigenvalue weighted by molar-refractivity contribution is 5.92. The number of hydrogen-bond donors (Lipinski definition) is 1. The van der Waals surface area contributed by atoms with Crippen molar-refractivity contribution >= 4 is 11.7 Å². The zero-order valence-electron chi connectivity index (χ0n) is 11.6. The Labute approximate surface area is 113 Å². The highest BCUT2D eigenvalue weighted by Crippen LogP contribution is 2.08. The molecule has 6 nitrogen and oxygen atoms in total. The number of carbonyl (C=O) groups excluding carboxylic acids is 1. The first-order valence-corrected chi connectivity index (χ1v) is 6.77. The Balaban J connectivity index is 1.93. The molecule has 1 N–H and O–H groups in total. The van der Waals surface area contributed by atoms with Crippen LogP contribution in [0.15, 0.2) is 12.1 Å². The van der Waals surface area contributed by atoms with Crippen molar-refractivity contribution < 1.29 is 4.79 Å². The van der Waals surface area contributed by atoms with Gasteiger partial charge in [-0.05, 0) is 25.1 Å². The Kier molecular flexibility index (Phi) is 4.68. The topological polar surface area (TPSA) is 61.4 Å². The summed E-state index contributed by atoms with van der Waals surface area (Å²) in [6, 6.07) is 3.49. The van der Waals surface area contributed by atoms with E-state index in [1.165, 1.54) is 0 Å². The van der Waals surface area contributed by atoms with Gasteiger partial charge in [-0.25, -0.2) is 0 Å². The normalized spacial score (nSPS) is 16.4. The summed E-state index contributed by atoms with van der Waals surface area (Å²) < 4.78 is 0. The van der Waals surface area contributed by atoms with E-state index in [2.05, 4.69) is 27.3 Å². The van der Waals surface area contributed by atoms with Gasteiger partial charge in [-0.3, -0.25) is 9.69 Å². The maximum Gasteiger partial charge on any atom is 0.274 e. The van der Waals surface area contributed by atoms with Crippen molar-refractivity contribution in [2.45, 2.75) is 13.3 Å². The SMILES string of the molecule is CCCN1CCN(C(=O)c2ccc(NC)nn2)CC1. The molecule has 0 unspecified atom stereocenters. The molecular formula is C13H21N5O. The fourth-order valence-electron chi connectivity index (χ4n) is 2.23. The van der Waals surface area contributed by atoms with E-state index < -0.39 is 0 Å². The predicted molar refractivity (Wildman–Crippen MR) is 74.2 cm³/mol. The van der Waals surface area contributed by atoms with Gasteiger partial charge in [-0.1, -0.05) is 6.92 Å². The summed E-state index contributed by atoms with van der Waals surface area (Å²) in [7, 11) is 1.78. The second-order valence-corrected chi connectivity index (χ2v) is 4.69. The Morgan fingerprint density at radius 3 is 2.53 bits per heavy atom. The molecule has 19 heavy (non-hydrogen) atoms. The van der Waals surface area contributed by atoms with Gasteiger partial charge in [-0.15, -0.1) is 10.2 Å². The summed E-state index contributed by atoms with van der Waals surface area (Å²) >= 11 is 0. The second-order valence-electron chi connectivity index (χ2n) is 4.69. The maximum atomic E-state index is 12.2. The van der Waals surface area contributed by atoms with Gasteiger partial charge in [0.25, 0.3) is 5.91 Å². The van der Waals surface area contributed by atoms with Crippen molar-refractivity contribution in [2.75, 3.05) is 45.1 Å². The molecule has 1 aromatic heterocycles. The molecular weight excluding hydrogens is 242 g/mol. The van der Waals surface area contributed by atoms with Gasteiger partial charge in [0.15, 0.2) is 5.69 Å². The van der Waals surface area contributed by atoms with E-state index in [1.807, 2.05) is 4.90 Å². The van der Waals surface area contributed by atoms with Gasteiger partial charge in [0, 0.05) is 33.2 Å². The van der Waals surface area contributed by atoms with Crippen LogP contribution in [0.2, 0.25) is 0 Å². The zero-order chi connectivity index (χ0) is 13.7. The molecule has 0 atom stereocenters. The summed E-state index contributed by atoms with van der Waals surface area (Å²) in [6.45, 7) is 6.72. The largest absolute Gasteiger partial charge is 0.372 e. The van der Waals surface area contributed by atoms with Crippen LogP contribution in [0.25, 0.3) is 0 Å². The fraction of sp³-hybridized carbons (Fsp3) is 0.615. The van der Waals surface area contributed by atoms with E-state index in [9.17, 15) is 4.79 Å². The summed E-state index contributed by atoms with van der Waals surface area (Å²) in [6.07, 6.45) is 1.16. The fourth-order valence-corrected chi connectivity index (χ4v) is 2.23. The van der Waals surface area contributed by atoms with Gasteiger partial charge in [0.2, 0.25) is 0 Å². The van der Waals surface area contributed by atoms with Gasteiger partial charge >= 0.3 is 0 Å². The molecule has 2 rings (SSSR count). The van der Waals surface area contributed by atoms with E-state index in [4.69, 9.17) is 0 Å². The first kappa shape index (κ1) is 13.7. The minimum atomic E-state index is -0.0219. The Morgan fingerprint density at radius 1 is 1.26 bits per heavy atom. The van der Waals surface area contributed by atoms with Crippen LogP contribution < -0.4 is 5.32 Å². The number of nitrogens with zero attached hydrogens (tertiary/aromatic N) is 4. The molecule has 1 saturated heterocycles. The van der Waals surface area contributed by atoms with Crippen molar-refractivity contribution in [1.82, 2.24) is 20.0 Å². The van der Waals surface area contributed by atoms with Crippen LogP contribution in [0, 0.1) is 0 Å². The van der Waals surface area contributed by atoms with E-state index in [0.717, 1.165) is 39.1 Å². The molecule has 2 heterocycles. The lowest BCUT2D eigenvalue weighted by Crippen LogP contribution is -2.48. The lowest BCUT2D eigenvalue weighted by molar-refractivity contribution is 0.0630. The monoisotopic (exact) mass is 263 g/mol. The number of amides is 1. The molecule has 0 aliphatic carbocycles. The van der Waals surface area contributed by atoms with Crippen LogP contribution in [0.4, 0.5) is 5.82 Å². The molecule has 0 radical (unpaired) electrons. The van der Waals surface area contributed by atoms with Crippen molar-refractivity contribution in [3.05, 3.63) is 17.8 Å². The van der Waals surface area contributed by atoms with E-state index in [0.29, 0.717) is 11.5 Å². The van der Waals surface area contributed by atoms with Crippen LogP contribution in [-0.2, 0) is 0 Å². The molecule has 0 spiro atoms. The van der Waals surface area contributed by atoms with Gasteiger partial charge < -0.3 is 10.2 Å². The average Bonchev–Trinajstić information content (AvgIpc) is 2.48. The smallest absolute Gasteiger partial charge is 0.274 e. The third-order valence-electron chi connectivity index (χ3n) is 3.34. The predicted octanol–water partition coefficient (Wildman–Crippen LogP) is 0.686. The molecule has 0 aromatic carbocycles. The number of nitrogens with one attached hydrogen (secondary N) is 1. The number of carbonyl (C=O) groups is 1. The molecule has 0 saturated carbocycles. The molecule has 1 aliphatic heterocycles. The average molecular weight is 263 g/mol. The van der Waals surface area contributed by atoms with E-state index in [1.54, 1.807) is 19.2 Å². The molecule has 0 bridgehead atoms. The van der Waals surface area contributed by atoms with Crippen LogP contribution in [0.3, 0.4) is 0 Å². The lowest BCUT2D eigenvalue weighted by atomic mass is 10.2. The van der Waals surface area contributed by atoms with E-state index >= 15 is 0 Å². The first-order valence-electron chi connectivity index (χ1n) is 6.77. The zero-order valence-corrected chi connectivity index (χ0v) is 11.6. The summed E-state index contributed by atoms with van der Waals surface area (Å²) in [5.41, 5.74) is 0.419. The molecule has 1 aliphatic rings. The minimum absolute atomic E-state index is 0.0219. The van der Waals surface area contributed by atoms with Gasteiger partial charge in [-0.2, -0.15) is 0 Å². The molecule has 1 amide bonds. The minimum Gasteiger partial charge on any atom is -0.372 e. The standard InChI is InChI=1S/C13H21N5O/c1-3-6-17-7-9-18(10-8-17)13(19)11-4-5-12(14-2)16-15-11/h4-5H,3,6-10H2,1-2H3,(H,14,16). The van der Waals surface area contributed by atoms with E-state index in [-0.39, 0.29) is 5.91 Å². The third kappa shape index (κ3) is 3.41. The van der Waals surface area contributed by atoms with Crippen LogP contribution in [-0.4, -0.2) is 65.7 Å². The summed E-state index contributed by atoms with van der Waals surface area (Å²) in [5.74, 6) is 0.649. The highest BCUT2D eigenvalue weighted by Gasteiger charge is 2.22.